The maximum Gasteiger partial charge on any atom is 0.254 e. The van der Waals surface area contributed by atoms with Crippen LogP contribution in [0.3, 0.4) is 0 Å². The van der Waals surface area contributed by atoms with Crippen molar-refractivity contribution in [2.45, 2.75) is 26.7 Å². The fourth-order valence-electron chi connectivity index (χ4n) is 3.42. The molecule has 5 nitrogen and oxygen atoms in total. The molecule has 0 bridgehead atoms. The summed E-state index contributed by atoms with van der Waals surface area (Å²) >= 11 is 11.3. The first-order chi connectivity index (χ1) is 16.9. The lowest BCUT2D eigenvalue weighted by atomic mass is 10.1. The minimum Gasteiger partial charge on any atom is -0.493 e. The topological polar surface area (TPSA) is 48.0 Å². The fourth-order valence-corrected chi connectivity index (χ4v) is 3.54. The number of carbonyl (C=O) groups is 1. The highest BCUT2D eigenvalue weighted by molar-refractivity contribution is 6.55. The largest absolute Gasteiger partial charge is 0.493 e. The van der Waals surface area contributed by atoms with Crippen molar-refractivity contribution >= 4 is 29.1 Å². The standard InChI is InChI=1S/C28H33Cl2NO4/c1-5-14-31(15-6-2)28(32)23-9-11-24(12-10-23)33-16-8-17-35-27-21(4)19-25(20-22(27)7-3)34-18-13-26(29)30/h5-6,9-13,19-20H,1-2,7-8,14-18H2,3-4H3. The molecule has 0 heterocycles. The lowest BCUT2D eigenvalue weighted by molar-refractivity contribution is 0.0791. The Morgan fingerprint density at radius 1 is 0.971 bits per heavy atom. The Bertz CT molecular complexity index is 1000. The number of rotatable bonds is 15. The van der Waals surface area contributed by atoms with Crippen LogP contribution in [0.25, 0.3) is 0 Å². The van der Waals surface area contributed by atoms with Crippen LogP contribution in [0.2, 0.25) is 0 Å². The minimum absolute atomic E-state index is 0.0671. The Hall–Kier alpha value is -2.89. The second kappa shape index (κ2) is 15.2. The number of benzene rings is 2. The van der Waals surface area contributed by atoms with E-state index in [4.69, 9.17) is 37.4 Å². The summed E-state index contributed by atoms with van der Waals surface area (Å²) in [5.74, 6) is 2.26. The van der Waals surface area contributed by atoms with Gasteiger partial charge in [-0.2, -0.15) is 0 Å². The highest BCUT2D eigenvalue weighted by Crippen LogP contribution is 2.30. The zero-order chi connectivity index (χ0) is 25.6. The Labute approximate surface area is 218 Å². The van der Waals surface area contributed by atoms with E-state index in [0.717, 1.165) is 29.0 Å². The van der Waals surface area contributed by atoms with Gasteiger partial charge in [-0.05, 0) is 66.9 Å². The highest BCUT2D eigenvalue weighted by Gasteiger charge is 2.13. The molecule has 2 rings (SSSR count). The van der Waals surface area contributed by atoms with Gasteiger partial charge >= 0.3 is 0 Å². The zero-order valence-electron chi connectivity index (χ0n) is 20.4. The van der Waals surface area contributed by atoms with Crippen LogP contribution < -0.4 is 14.2 Å². The Kier molecular flexibility index (Phi) is 12.3. The van der Waals surface area contributed by atoms with Gasteiger partial charge in [0.05, 0.1) is 13.2 Å². The molecular formula is C28H33Cl2NO4. The van der Waals surface area contributed by atoms with Crippen LogP contribution in [0.4, 0.5) is 0 Å². The molecule has 0 fully saturated rings. The molecule has 0 saturated heterocycles. The molecule has 188 valence electrons. The predicted molar refractivity (Wildman–Crippen MR) is 144 cm³/mol. The van der Waals surface area contributed by atoms with Crippen molar-refractivity contribution in [2.75, 3.05) is 32.9 Å². The van der Waals surface area contributed by atoms with E-state index < -0.39 is 0 Å². The zero-order valence-corrected chi connectivity index (χ0v) is 21.9. The third-order valence-electron chi connectivity index (χ3n) is 5.08. The summed E-state index contributed by atoms with van der Waals surface area (Å²) in [5.41, 5.74) is 2.67. The van der Waals surface area contributed by atoms with Gasteiger partial charge in [0.25, 0.3) is 5.91 Å². The normalized spacial score (nSPS) is 10.3. The van der Waals surface area contributed by atoms with Gasteiger partial charge in [-0.15, -0.1) is 13.2 Å². The lowest BCUT2D eigenvalue weighted by Gasteiger charge is -2.19. The van der Waals surface area contributed by atoms with E-state index in [1.807, 2.05) is 19.1 Å². The Morgan fingerprint density at radius 3 is 2.23 bits per heavy atom. The smallest absolute Gasteiger partial charge is 0.254 e. The van der Waals surface area contributed by atoms with Gasteiger partial charge in [-0.3, -0.25) is 4.79 Å². The highest BCUT2D eigenvalue weighted by atomic mass is 35.5. The molecule has 0 saturated carbocycles. The van der Waals surface area contributed by atoms with Crippen molar-refractivity contribution in [1.82, 2.24) is 4.90 Å². The van der Waals surface area contributed by atoms with Crippen LogP contribution in [0.5, 0.6) is 17.2 Å². The molecule has 2 aromatic carbocycles. The van der Waals surface area contributed by atoms with Gasteiger partial charge in [-0.1, -0.05) is 42.3 Å². The molecule has 35 heavy (non-hydrogen) atoms. The third-order valence-corrected chi connectivity index (χ3v) is 5.39. The molecule has 0 N–H and O–H groups in total. The fraction of sp³-hybridized carbons (Fsp3) is 0.321. The van der Waals surface area contributed by atoms with Crippen LogP contribution in [0, 0.1) is 6.92 Å². The molecule has 0 radical (unpaired) electrons. The van der Waals surface area contributed by atoms with Gasteiger partial charge in [0, 0.05) is 25.1 Å². The van der Waals surface area contributed by atoms with Crippen LogP contribution in [-0.4, -0.2) is 43.7 Å². The first-order valence-corrected chi connectivity index (χ1v) is 12.3. The van der Waals surface area contributed by atoms with Gasteiger partial charge < -0.3 is 19.1 Å². The minimum atomic E-state index is -0.0671. The molecule has 0 aromatic heterocycles. The van der Waals surface area contributed by atoms with E-state index >= 15 is 0 Å². The SMILES string of the molecule is C=CCN(CC=C)C(=O)c1ccc(OCCCOc2c(C)cc(OCC=C(Cl)Cl)cc2CC)cc1. The number of carbonyl (C=O) groups excluding carboxylic acids is 1. The number of nitrogens with zero attached hydrogens (tertiary/aromatic N) is 1. The second-order valence-electron chi connectivity index (χ2n) is 7.75. The number of halogens is 2. The summed E-state index contributed by atoms with van der Waals surface area (Å²) in [6.07, 6.45) is 6.53. The van der Waals surface area contributed by atoms with Crippen molar-refractivity contribution < 1.29 is 19.0 Å². The summed E-state index contributed by atoms with van der Waals surface area (Å²) in [7, 11) is 0. The van der Waals surface area contributed by atoms with Crippen LogP contribution in [-0.2, 0) is 6.42 Å². The average Bonchev–Trinajstić information content (AvgIpc) is 2.84. The second-order valence-corrected chi connectivity index (χ2v) is 8.76. The van der Waals surface area contributed by atoms with Gasteiger partial charge in [0.1, 0.15) is 28.3 Å². The third kappa shape index (κ3) is 9.35. The molecule has 0 spiro atoms. The molecule has 0 aliphatic rings. The Morgan fingerprint density at radius 2 is 1.63 bits per heavy atom. The lowest BCUT2D eigenvalue weighted by Crippen LogP contribution is -2.31. The number of hydrogen-bond donors (Lipinski definition) is 0. The summed E-state index contributed by atoms with van der Waals surface area (Å²) < 4.78 is 17.8. The summed E-state index contributed by atoms with van der Waals surface area (Å²) in [6, 6.07) is 11.1. The predicted octanol–water partition coefficient (Wildman–Crippen LogP) is 6.92. The van der Waals surface area contributed by atoms with Crippen molar-refractivity contribution in [3.63, 3.8) is 0 Å². The van der Waals surface area contributed by atoms with Gasteiger partial charge in [-0.25, -0.2) is 0 Å². The Balaban J connectivity index is 1.84. The molecule has 0 atom stereocenters. The number of amides is 1. The van der Waals surface area contributed by atoms with Crippen molar-refractivity contribution in [1.29, 1.82) is 0 Å². The maximum absolute atomic E-state index is 12.6. The molecule has 2 aromatic rings. The molecule has 0 aliphatic carbocycles. The molecule has 0 aliphatic heterocycles. The first kappa shape index (κ1) is 28.3. The van der Waals surface area contributed by atoms with E-state index in [1.54, 1.807) is 47.4 Å². The number of aryl methyl sites for hydroxylation is 2. The summed E-state index contributed by atoms with van der Waals surface area (Å²) in [5, 5.41) is 0. The van der Waals surface area contributed by atoms with Crippen molar-refractivity contribution in [3.8, 4) is 17.2 Å². The molecule has 1 amide bonds. The molecule has 7 heteroatoms. The summed E-state index contributed by atoms with van der Waals surface area (Å²) in [4.78, 5) is 14.3. The van der Waals surface area contributed by atoms with Crippen molar-refractivity contribution in [2.24, 2.45) is 0 Å². The first-order valence-electron chi connectivity index (χ1n) is 11.5. The molecular weight excluding hydrogens is 485 g/mol. The number of hydrogen-bond acceptors (Lipinski definition) is 4. The summed E-state index contributed by atoms with van der Waals surface area (Å²) in [6.45, 7) is 13.7. The van der Waals surface area contributed by atoms with Crippen LogP contribution in [0.1, 0.15) is 34.8 Å². The molecule has 0 unspecified atom stereocenters. The quantitative estimate of drug-likeness (QED) is 0.190. The van der Waals surface area contributed by atoms with Gasteiger partial charge in [0.15, 0.2) is 0 Å². The van der Waals surface area contributed by atoms with E-state index in [2.05, 4.69) is 20.1 Å². The van der Waals surface area contributed by atoms with E-state index in [9.17, 15) is 4.79 Å². The van der Waals surface area contributed by atoms with Gasteiger partial charge in [0.2, 0.25) is 0 Å². The van der Waals surface area contributed by atoms with E-state index in [0.29, 0.717) is 50.6 Å². The van der Waals surface area contributed by atoms with E-state index in [-0.39, 0.29) is 10.4 Å². The van der Waals surface area contributed by atoms with Crippen molar-refractivity contribution in [3.05, 3.63) is 89.0 Å². The van der Waals surface area contributed by atoms with Crippen LogP contribution >= 0.6 is 23.2 Å². The van der Waals surface area contributed by atoms with E-state index in [1.165, 1.54) is 0 Å². The maximum atomic E-state index is 12.6. The monoisotopic (exact) mass is 517 g/mol. The van der Waals surface area contributed by atoms with Crippen LogP contribution in [0.15, 0.2) is 72.3 Å². The number of ether oxygens (including phenoxy) is 3. The average molecular weight is 518 g/mol.